The molecule has 21 heavy (non-hydrogen) atoms. The Bertz CT molecular complexity index is 783. The van der Waals surface area contributed by atoms with Gasteiger partial charge in [-0.1, -0.05) is 36.4 Å². The molecule has 0 aliphatic carbocycles. The van der Waals surface area contributed by atoms with Crippen molar-refractivity contribution >= 4 is 21.2 Å². The van der Waals surface area contributed by atoms with E-state index in [2.05, 4.69) is 9.89 Å². The lowest BCUT2D eigenvalue weighted by Crippen LogP contribution is -2.17. The van der Waals surface area contributed by atoms with Gasteiger partial charge in [0.05, 0.1) is 17.2 Å². The number of rotatable bonds is 3. The first kappa shape index (κ1) is 13.8. The Morgan fingerprint density at radius 2 is 1.71 bits per heavy atom. The van der Waals surface area contributed by atoms with Crippen LogP contribution in [0.2, 0.25) is 0 Å². The predicted molar refractivity (Wildman–Crippen MR) is 84.7 cm³/mol. The highest BCUT2D eigenvalue weighted by molar-refractivity contribution is 7.91. The molecule has 0 saturated carbocycles. The normalized spacial score (nSPS) is 16.2. The van der Waals surface area contributed by atoms with Gasteiger partial charge < -0.3 is 4.90 Å². The molecule has 0 radical (unpaired) electrons. The monoisotopic (exact) mass is 300 g/mol. The van der Waals surface area contributed by atoms with E-state index in [0.29, 0.717) is 11.4 Å². The third-order valence-corrected chi connectivity index (χ3v) is 5.00. The van der Waals surface area contributed by atoms with Crippen molar-refractivity contribution in [3.63, 3.8) is 0 Å². The fraction of sp³-hybridized carbons (Fsp3) is 0.188. The Morgan fingerprint density at radius 1 is 1.05 bits per heavy atom. The summed E-state index contributed by atoms with van der Waals surface area (Å²) in [5, 5.41) is 0. The molecule has 2 aromatic carbocycles. The van der Waals surface area contributed by atoms with Crippen LogP contribution in [0.4, 0.5) is 5.69 Å². The maximum absolute atomic E-state index is 12.3. The smallest absolute Gasteiger partial charge is 0.198 e. The molecule has 0 saturated heterocycles. The lowest BCUT2D eigenvalue weighted by Gasteiger charge is -2.09. The van der Waals surface area contributed by atoms with Gasteiger partial charge >= 0.3 is 0 Å². The summed E-state index contributed by atoms with van der Waals surface area (Å²) in [6, 6.07) is 16.4. The average molecular weight is 300 g/mol. The molecular formula is C16H16N2O2S. The van der Waals surface area contributed by atoms with Crippen molar-refractivity contribution in [2.24, 2.45) is 4.99 Å². The van der Waals surface area contributed by atoms with Crippen molar-refractivity contribution in [3.05, 3.63) is 60.2 Å². The number of para-hydroxylation sites is 1. The minimum Gasteiger partial charge on any atom is -0.368 e. The number of aliphatic imine (C=N–C) groups is 1. The van der Waals surface area contributed by atoms with Crippen LogP contribution >= 0.6 is 0 Å². The minimum atomic E-state index is -3.37. The first-order valence-corrected chi connectivity index (χ1v) is 8.35. The first-order valence-electron chi connectivity index (χ1n) is 6.69. The summed E-state index contributed by atoms with van der Waals surface area (Å²) in [6.07, 6.45) is 0. The molecule has 0 unspecified atom stereocenters. The van der Waals surface area contributed by atoms with Crippen molar-refractivity contribution in [1.29, 1.82) is 0 Å². The SMILES string of the molecule is CN1C/C(=N\CS(=O)(=O)c2ccccc2)c2ccccc21. The molecule has 0 bridgehead atoms. The van der Waals surface area contributed by atoms with E-state index < -0.39 is 9.84 Å². The summed E-state index contributed by atoms with van der Waals surface area (Å²) in [5.41, 5.74) is 2.93. The summed E-state index contributed by atoms with van der Waals surface area (Å²) in [6.45, 7) is 0.643. The number of hydrogen-bond acceptors (Lipinski definition) is 4. The number of sulfone groups is 1. The van der Waals surface area contributed by atoms with Gasteiger partial charge in [0.2, 0.25) is 0 Å². The zero-order valence-electron chi connectivity index (χ0n) is 11.7. The van der Waals surface area contributed by atoms with Crippen LogP contribution in [0, 0.1) is 0 Å². The van der Waals surface area contributed by atoms with E-state index in [-0.39, 0.29) is 5.88 Å². The third-order valence-electron chi connectivity index (χ3n) is 3.54. The zero-order valence-corrected chi connectivity index (χ0v) is 12.5. The van der Waals surface area contributed by atoms with Crippen LogP contribution < -0.4 is 4.90 Å². The van der Waals surface area contributed by atoms with E-state index >= 15 is 0 Å². The minimum absolute atomic E-state index is 0.214. The molecule has 1 heterocycles. The highest BCUT2D eigenvalue weighted by Crippen LogP contribution is 2.26. The van der Waals surface area contributed by atoms with E-state index in [1.807, 2.05) is 31.3 Å². The van der Waals surface area contributed by atoms with Crippen molar-refractivity contribution in [2.75, 3.05) is 24.4 Å². The lowest BCUT2D eigenvalue weighted by molar-refractivity contribution is 0.596. The van der Waals surface area contributed by atoms with Crippen LogP contribution in [0.5, 0.6) is 0 Å². The van der Waals surface area contributed by atoms with Crippen molar-refractivity contribution in [3.8, 4) is 0 Å². The highest BCUT2D eigenvalue weighted by Gasteiger charge is 2.22. The molecule has 0 N–H and O–H groups in total. The summed E-state index contributed by atoms with van der Waals surface area (Å²) in [4.78, 5) is 6.74. The van der Waals surface area contributed by atoms with Gasteiger partial charge in [-0.3, -0.25) is 4.99 Å². The second-order valence-corrected chi connectivity index (χ2v) is 6.99. The molecule has 0 atom stereocenters. The summed E-state index contributed by atoms with van der Waals surface area (Å²) in [7, 11) is -1.39. The van der Waals surface area contributed by atoms with Crippen LogP contribution in [0.3, 0.4) is 0 Å². The van der Waals surface area contributed by atoms with E-state index in [0.717, 1.165) is 17.0 Å². The largest absolute Gasteiger partial charge is 0.368 e. The number of nitrogens with zero attached hydrogens (tertiary/aromatic N) is 2. The fourth-order valence-electron chi connectivity index (χ4n) is 2.45. The van der Waals surface area contributed by atoms with Crippen LogP contribution in [0.1, 0.15) is 5.56 Å². The zero-order chi connectivity index (χ0) is 14.9. The van der Waals surface area contributed by atoms with Gasteiger partial charge in [-0.15, -0.1) is 0 Å². The van der Waals surface area contributed by atoms with E-state index in [1.54, 1.807) is 30.3 Å². The molecule has 2 aromatic rings. The number of benzene rings is 2. The molecule has 1 aliphatic rings. The maximum Gasteiger partial charge on any atom is 0.198 e. The maximum atomic E-state index is 12.3. The molecule has 0 fully saturated rings. The van der Waals surface area contributed by atoms with Gasteiger partial charge in [-0.25, -0.2) is 8.42 Å². The molecule has 108 valence electrons. The third kappa shape index (κ3) is 2.69. The van der Waals surface area contributed by atoms with Gasteiger partial charge in [-0.05, 0) is 18.2 Å². The Labute approximate surface area is 124 Å². The predicted octanol–water partition coefficient (Wildman–Crippen LogP) is 2.36. The van der Waals surface area contributed by atoms with E-state index in [4.69, 9.17) is 0 Å². The van der Waals surface area contributed by atoms with Crippen LogP contribution in [0.15, 0.2) is 64.5 Å². The number of hydrogen-bond donors (Lipinski definition) is 0. The summed E-state index contributed by atoms with van der Waals surface area (Å²) < 4.78 is 24.5. The van der Waals surface area contributed by atoms with Crippen molar-refractivity contribution in [1.82, 2.24) is 0 Å². The van der Waals surface area contributed by atoms with E-state index in [1.165, 1.54) is 0 Å². The molecule has 0 spiro atoms. The lowest BCUT2D eigenvalue weighted by atomic mass is 10.1. The Hall–Kier alpha value is -2.14. The second-order valence-electron chi connectivity index (χ2n) is 5.03. The standard InChI is InChI=1S/C16H16N2O2S/c1-18-11-15(14-9-5-6-10-16(14)18)17-12-21(19,20)13-7-3-2-4-8-13/h2-10H,11-12H2,1H3/b17-15+. The van der Waals surface area contributed by atoms with Gasteiger partial charge in [0.25, 0.3) is 0 Å². The van der Waals surface area contributed by atoms with Crippen LogP contribution in [0.25, 0.3) is 0 Å². The van der Waals surface area contributed by atoms with Gasteiger partial charge in [0.1, 0.15) is 5.88 Å². The molecule has 0 amide bonds. The second kappa shape index (κ2) is 5.33. The van der Waals surface area contributed by atoms with Crippen LogP contribution in [-0.2, 0) is 9.84 Å². The highest BCUT2D eigenvalue weighted by atomic mass is 32.2. The molecular weight excluding hydrogens is 284 g/mol. The van der Waals surface area contributed by atoms with Gasteiger partial charge in [0.15, 0.2) is 9.84 Å². The van der Waals surface area contributed by atoms with Gasteiger partial charge in [0, 0.05) is 18.3 Å². The molecule has 4 nitrogen and oxygen atoms in total. The molecule has 3 rings (SSSR count). The van der Waals surface area contributed by atoms with Crippen LogP contribution in [-0.4, -0.2) is 33.6 Å². The number of likely N-dealkylation sites (N-methyl/N-ethyl adjacent to an activating group) is 1. The molecule has 0 aromatic heterocycles. The molecule has 1 aliphatic heterocycles. The number of anilines is 1. The topological polar surface area (TPSA) is 49.7 Å². The first-order chi connectivity index (χ1) is 10.1. The Kier molecular flexibility index (Phi) is 3.51. The number of fused-ring (bicyclic) bond motifs is 1. The van der Waals surface area contributed by atoms with Crippen molar-refractivity contribution in [2.45, 2.75) is 4.90 Å². The quantitative estimate of drug-likeness (QED) is 0.874. The van der Waals surface area contributed by atoms with Gasteiger partial charge in [-0.2, -0.15) is 0 Å². The summed E-state index contributed by atoms with van der Waals surface area (Å²) in [5.74, 6) is -0.214. The molecule has 5 heteroatoms. The average Bonchev–Trinajstić information content (AvgIpc) is 2.83. The Morgan fingerprint density at radius 3 is 2.48 bits per heavy atom. The summed E-state index contributed by atoms with van der Waals surface area (Å²) >= 11 is 0. The Balaban J connectivity index is 1.88. The van der Waals surface area contributed by atoms with E-state index in [9.17, 15) is 8.42 Å². The fourth-order valence-corrected chi connectivity index (χ4v) is 3.49. The van der Waals surface area contributed by atoms with Crippen molar-refractivity contribution < 1.29 is 8.42 Å².